The summed E-state index contributed by atoms with van der Waals surface area (Å²) in [6.45, 7) is 5.14. The van der Waals surface area contributed by atoms with Crippen molar-refractivity contribution >= 4 is 27.3 Å². The molecule has 3 nitrogen and oxygen atoms in total. The second kappa shape index (κ2) is 7.07. The Labute approximate surface area is 120 Å². The molecule has 1 N–H and O–H groups in total. The topological polar surface area (TPSA) is 29.9 Å². The smallest absolute Gasteiger partial charge is 0.0948 e. The molecule has 0 atom stereocenters. The van der Waals surface area contributed by atoms with Crippen molar-refractivity contribution in [3.05, 3.63) is 39.0 Å². The van der Waals surface area contributed by atoms with E-state index in [9.17, 15) is 0 Å². The first-order chi connectivity index (χ1) is 8.79. The zero-order valence-corrected chi connectivity index (χ0v) is 12.9. The Kier molecular flexibility index (Phi) is 5.41. The average Bonchev–Trinajstić information content (AvgIpc) is 2.96. The summed E-state index contributed by atoms with van der Waals surface area (Å²) in [6.07, 6.45) is 6.10. The second-order valence-corrected chi connectivity index (χ2v) is 6.76. The van der Waals surface area contributed by atoms with E-state index in [1.807, 2.05) is 12.5 Å². The lowest BCUT2D eigenvalue weighted by Gasteiger charge is -2.08. The summed E-state index contributed by atoms with van der Waals surface area (Å²) < 4.78 is 3.43. The fourth-order valence-electron chi connectivity index (χ4n) is 1.81. The Hall–Kier alpha value is -0.650. The molecule has 2 aromatic heterocycles. The van der Waals surface area contributed by atoms with E-state index in [1.165, 1.54) is 14.4 Å². The van der Waals surface area contributed by atoms with Crippen LogP contribution in [-0.2, 0) is 19.5 Å². The number of halogens is 1. The van der Waals surface area contributed by atoms with Gasteiger partial charge < -0.3 is 9.88 Å². The highest BCUT2D eigenvalue weighted by Crippen LogP contribution is 2.22. The molecule has 0 bridgehead atoms. The van der Waals surface area contributed by atoms with Crippen molar-refractivity contribution in [1.29, 1.82) is 0 Å². The molecule has 0 aromatic carbocycles. The minimum absolute atomic E-state index is 0.905. The lowest BCUT2D eigenvalue weighted by molar-refractivity contribution is 0.606. The van der Waals surface area contributed by atoms with E-state index < -0.39 is 0 Å². The molecule has 98 valence electrons. The molecular weight excluding hydrogens is 310 g/mol. The summed E-state index contributed by atoms with van der Waals surface area (Å²) in [7, 11) is 0. The van der Waals surface area contributed by atoms with Gasteiger partial charge in [-0.15, -0.1) is 11.3 Å². The third kappa shape index (κ3) is 3.93. The number of imidazole rings is 1. The number of nitrogens with zero attached hydrogens (tertiary/aromatic N) is 2. The quantitative estimate of drug-likeness (QED) is 0.789. The van der Waals surface area contributed by atoms with Gasteiger partial charge in [0.1, 0.15) is 0 Å². The fraction of sp³-hybridized carbons (Fsp3) is 0.462. The van der Waals surface area contributed by atoms with Crippen molar-refractivity contribution in [2.24, 2.45) is 0 Å². The van der Waals surface area contributed by atoms with Crippen LogP contribution < -0.4 is 5.32 Å². The van der Waals surface area contributed by atoms with Gasteiger partial charge in [0.2, 0.25) is 0 Å². The van der Waals surface area contributed by atoms with Gasteiger partial charge in [0, 0.05) is 24.2 Å². The zero-order chi connectivity index (χ0) is 12.8. The lowest BCUT2D eigenvalue weighted by Crippen LogP contribution is -2.17. The van der Waals surface area contributed by atoms with Gasteiger partial charge in [-0.05, 0) is 47.4 Å². The van der Waals surface area contributed by atoms with Crippen LogP contribution in [-0.4, -0.2) is 16.1 Å². The molecule has 2 aromatic rings. The van der Waals surface area contributed by atoms with Gasteiger partial charge in [0.05, 0.1) is 15.8 Å². The highest BCUT2D eigenvalue weighted by molar-refractivity contribution is 9.11. The molecule has 0 aliphatic carbocycles. The first-order valence-corrected chi connectivity index (χ1v) is 7.84. The van der Waals surface area contributed by atoms with Gasteiger partial charge in [-0.25, -0.2) is 4.98 Å². The van der Waals surface area contributed by atoms with Crippen molar-refractivity contribution in [2.45, 2.75) is 32.9 Å². The van der Waals surface area contributed by atoms with Gasteiger partial charge in [-0.3, -0.25) is 0 Å². The molecule has 5 heteroatoms. The maximum Gasteiger partial charge on any atom is 0.0948 e. The Morgan fingerprint density at radius 2 is 2.33 bits per heavy atom. The molecule has 0 saturated carbocycles. The monoisotopic (exact) mass is 327 g/mol. The summed E-state index contributed by atoms with van der Waals surface area (Å²) in [5.74, 6) is 0. The van der Waals surface area contributed by atoms with E-state index in [1.54, 1.807) is 11.3 Å². The highest BCUT2D eigenvalue weighted by atomic mass is 79.9. The first kappa shape index (κ1) is 13.8. The third-order valence-corrected chi connectivity index (χ3v) is 4.44. The van der Waals surface area contributed by atoms with Crippen LogP contribution in [0.5, 0.6) is 0 Å². The summed E-state index contributed by atoms with van der Waals surface area (Å²) in [5.41, 5.74) is 1.26. The van der Waals surface area contributed by atoms with Gasteiger partial charge in [-0.1, -0.05) is 6.92 Å². The number of aromatic nitrogens is 2. The lowest BCUT2D eigenvalue weighted by atomic mass is 10.3. The first-order valence-electron chi connectivity index (χ1n) is 6.23. The van der Waals surface area contributed by atoms with Crippen LogP contribution in [0.4, 0.5) is 0 Å². The summed E-state index contributed by atoms with van der Waals surface area (Å²) >= 11 is 5.30. The molecule has 2 heterocycles. The van der Waals surface area contributed by atoms with Crippen LogP contribution in [0, 0.1) is 0 Å². The van der Waals surface area contributed by atoms with Crippen LogP contribution >= 0.6 is 27.3 Å². The van der Waals surface area contributed by atoms with E-state index in [0.29, 0.717) is 0 Å². The van der Waals surface area contributed by atoms with Gasteiger partial charge in [-0.2, -0.15) is 0 Å². The summed E-state index contributed by atoms with van der Waals surface area (Å²) in [6, 6.07) is 4.29. The van der Waals surface area contributed by atoms with E-state index in [-0.39, 0.29) is 0 Å². The molecule has 0 aliphatic heterocycles. The van der Waals surface area contributed by atoms with E-state index in [2.05, 4.69) is 49.9 Å². The molecule has 0 spiro atoms. The number of hydrogen-bond acceptors (Lipinski definition) is 3. The van der Waals surface area contributed by atoms with E-state index in [0.717, 1.165) is 32.5 Å². The van der Waals surface area contributed by atoms with E-state index >= 15 is 0 Å². The highest BCUT2D eigenvalue weighted by Gasteiger charge is 2.03. The Morgan fingerprint density at radius 1 is 1.44 bits per heavy atom. The molecule has 0 amide bonds. The largest absolute Gasteiger partial charge is 0.333 e. The van der Waals surface area contributed by atoms with E-state index in [4.69, 9.17) is 0 Å². The Balaban J connectivity index is 1.87. The van der Waals surface area contributed by atoms with Gasteiger partial charge in [0.15, 0.2) is 0 Å². The van der Waals surface area contributed by atoms with Crippen LogP contribution in [0.25, 0.3) is 0 Å². The average molecular weight is 328 g/mol. The number of thiophene rings is 1. The molecule has 0 unspecified atom stereocenters. The van der Waals surface area contributed by atoms with Crippen LogP contribution in [0.15, 0.2) is 28.4 Å². The number of nitrogens with one attached hydrogen (secondary N) is 1. The number of hydrogen-bond donors (Lipinski definition) is 1. The minimum Gasteiger partial charge on any atom is -0.333 e. The van der Waals surface area contributed by atoms with Crippen LogP contribution in [0.3, 0.4) is 0 Å². The normalized spacial score (nSPS) is 11.0. The van der Waals surface area contributed by atoms with Crippen molar-refractivity contribution < 1.29 is 0 Å². The minimum atomic E-state index is 0.905. The maximum absolute atomic E-state index is 4.24. The molecular formula is C13H18BrN3S. The molecule has 0 aliphatic rings. The zero-order valence-electron chi connectivity index (χ0n) is 10.5. The summed E-state index contributed by atoms with van der Waals surface area (Å²) in [4.78, 5) is 5.64. The van der Waals surface area contributed by atoms with Crippen LogP contribution in [0.2, 0.25) is 0 Å². The predicted octanol–water partition coefficient (Wildman–Crippen LogP) is 3.45. The Bertz CT molecular complexity index is 478. The van der Waals surface area contributed by atoms with Crippen molar-refractivity contribution in [1.82, 2.24) is 14.9 Å². The van der Waals surface area contributed by atoms with Crippen molar-refractivity contribution in [3.63, 3.8) is 0 Å². The molecule has 18 heavy (non-hydrogen) atoms. The molecule has 0 fully saturated rings. The standard InChI is InChI=1S/C13H18BrN3S/c1-2-6-15-8-11-9-16-10-17(11)7-5-12-3-4-13(14)18-12/h3-4,9-10,15H,2,5-8H2,1H3. The predicted molar refractivity (Wildman–Crippen MR) is 79.9 cm³/mol. The number of rotatable bonds is 7. The molecule has 0 saturated heterocycles. The Morgan fingerprint density at radius 3 is 3.06 bits per heavy atom. The van der Waals surface area contributed by atoms with Crippen molar-refractivity contribution in [2.75, 3.05) is 6.54 Å². The summed E-state index contributed by atoms with van der Waals surface area (Å²) in [5, 5.41) is 3.41. The molecule has 2 rings (SSSR count). The number of aryl methyl sites for hydroxylation is 2. The van der Waals surface area contributed by atoms with Gasteiger partial charge >= 0.3 is 0 Å². The third-order valence-electron chi connectivity index (χ3n) is 2.76. The maximum atomic E-state index is 4.24. The molecule has 0 radical (unpaired) electrons. The SMILES string of the molecule is CCCNCc1cncn1CCc1ccc(Br)s1. The second-order valence-electron chi connectivity index (χ2n) is 4.21. The van der Waals surface area contributed by atoms with Crippen LogP contribution in [0.1, 0.15) is 23.9 Å². The van der Waals surface area contributed by atoms with Crippen molar-refractivity contribution in [3.8, 4) is 0 Å². The van der Waals surface area contributed by atoms with Gasteiger partial charge in [0.25, 0.3) is 0 Å². The fourth-order valence-corrected chi connectivity index (χ4v) is 3.28.